The van der Waals surface area contributed by atoms with Crippen LogP contribution in [0.3, 0.4) is 0 Å². The molecule has 3 aromatic rings. The predicted molar refractivity (Wildman–Crippen MR) is 111 cm³/mol. The van der Waals surface area contributed by atoms with Gasteiger partial charge in [-0.1, -0.05) is 43.3 Å². The van der Waals surface area contributed by atoms with Crippen molar-refractivity contribution in [2.45, 2.75) is 25.8 Å². The molecule has 2 atom stereocenters. The van der Waals surface area contributed by atoms with E-state index >= 15 is 0 Å². The second-order valence-electron chi connectivity index (χ2n) is 7.68. The third kappa shape index (κ3) is 3.59. The normalized spacial score (nSPS) is 17.9. The average Bonchev–Trinajstić information content (AvgIpc) is 2.72. The van der Waals surface area contributed by atoms with Crippen molar-refractivity contribution in [1.82, 2.24) is 5.32 Å². The molecule has 1 aliphatic carbocycles. The molecule has 0 aromatic heterocycles. The summed E-state index contributed by atoms with van der Waals surface area (Å²) in [7, 11) is 0. The number of nitrogens with zero attached hydrogens (tertiary/aromatic N) is 2. The SMILES string of the molecule is C[C@H]1Cc2ccc3ccccc3c2[C@H](NC(=O)c2cc([N+](=O)[O-])cc([N+](=O)[O-])c2)C1. The number of hydrogen-bond acceptors (Lipinski definition) is 5. The summed E-state index contributed by atoms with van der Waals surface area (Å²) in [4.78, 5) is 33.8. The van der Waals surface area contributed by atoms with Crippen molar-refractivity contribution < 1.29 is 14.6 Å². The van der Waals surface area contributed by atoms with Crippen molar-refractivity contribution in [2.75, 3.05) is 0 Å². The number of carbonyl (C=O) groups is 1. The Labute approximate surface area is 171 Å². The molecule has 0 fully saturated rings. The molecular weight excluding hydrogens is 386 g/mol. The minimum Gasteiger partial charge on any atom is -0.345 e. The van der Waals surface area contributed by atoms with Gasteiger partial charge in [-0.15, -0.1) is 0 Å². The number of amides is 1. The molecule has 3 aromatic carbocycles. The van der Waals surface area contributed by atoms with Crippen LogP contribution < -0.4 is 5.32 Å². The summed E-state index contributed by atoms with van der Waals surface area (Å²) in [5.41, 5.74) is 1.12. The van der Waals surface area contributed by atoms with Gasteiger partial charge in [-0.05, 0) is 40.7 Å². The summed E-state index contributed by atoms with van der Waals surface area (Å²) in [5, 5.41) is 27.4. The minimum atomic E-state index is -0.741. The summed E-state index contributed by atoms with van der Waals surface area (Å²) in [5.74, 6) is -0.233. The predicted octanol–water partition coefficient (Wildman–Crippen LogP) is 4.71. The van der Waals surface area contributed by atoms with E-state index in [1.54, 1.807) is 0 Å². The van der Waals surface area contributed by atoms with Crippen LogP contribution >= 0.6 is 0 Å². The molecule has 8 nitrogen and oxygen atoms in total. The van der Waals surface area contributed by atoms with E-state index in [-0.39, 0.29) is 11.6 Å². The highest BCUT2D eigenvalue weighted by Gasteiger charge is 2.29. The summed E-state index contributed by atoms with van der Waals surface area (Å²) in [6.07, 6.45) is 1.61. The van der Waals surface area contributed by atoms with E-state index in [2.05, 4.69) is 24.4 Å². The molecule has 1 N–H and O–H groups in total. The van der Waals surface area contributed by atoms with E-state index in [1.807, 2.05) is 24.3 Å². The number of fused-ring (bicyclic) bond motifs is 3. The van der Waals surface area contributed by atoms with Gasteiger partial charge in [0.15, 0.2) is 0 Å². The Morgan fingerprint density at radius 3 is 2.33 bits per heavy atom. The topological polar surface area (TPSA) is 115 Å². The third-order valence-corrected chi connectivity index (χ3v) is 5.51. The zero-order valence-electron chi connectivity index (χ0n) is 16.2. The van der Waals surface area contributed by atoms with E-state index < -0.39 is 27.1 Å². The Kier molecular flexibility index (Phi) is 4.91. The molecule has 30 heavy (non-hydrogen) atoms. The Bertz CT molecular complexity index is 1160. The van der Waals surface area contributed by atoms with Crippen LogP contribution in [0.5, 0.6) is 0 Å². The lowest BCUT2D eigenvalue weighted by Crippen LogP contribution is -2.33. The van der Waals surface area contributed by atoms with Gasteiger partial charge in [0, 0.05) is 12.1 Å². The standard InChI is InChI=1S/C22H19N3O5/c1-13-8-15-7-6-14-4-2-3-5-19(14)21(15)20(9-13)23-22(26)16-10-17(24(27)28)12-18(11-16)25(29)30/h2-7,10-13,20H,8-9H2,1H3,(H,23,26)/t13-,20+/m0/s1. The lowest BCUT2D eigenvalue weighted by Gasteiger charge is -2.31. The molecule has 1 aliphatic rings. The molecule has 0 aliphatic heterocycles. The van der Waals surface area contributed by atoms with Crippen LogP contribution in [0.1, 0.15) is 40.9 Å². The van der Waals surface area contributed by atoms with E-state index in [1.165, 1.54) is 0 Å². The van der Waals surface area contributed by atoms with Crippen LogP contribution in [-0.2, 0) is 6.42 Å². The number of carbonyl (C=O) groups excluding carboxylic acids is 1. The Morgan fingerprint density at radius 2 is 1.67 bits per heavy atom. The number of nitro benzene ring substituents is 2. The van der Waals surface area contributed by atoms with Gasteiger partial charge in [0.2, 0.25) is 0 Å². The second-order valence-corrected chi connectivity index (χ2v) is 7.68. The number of nitrogens with one attached hydrogen (secondary N) is 1. The Balaban J connectivity index is 1.74. The number of rotatable bonds is 4. The smallest absolute Gasteiger partial charge is 0.277 e. The zero-order valence-corrected chi connectivity index (χ0v) is 16.2. The van der Waals surface area contributed by atoms with Crippen LogP contribution in [-0.4, -0.2) is 15.8 Å². The third-order valence-electron chi connectivity index (χ3n) is 5.51. The largest absolute Gasteiger partial charge is 0.345 e. The van der Waals surface area contributed by atoms with E-state index in [9.17, 15) is 25.0 Å². The Hall–Kier alpha value is -3.81. The van der Waals surface area contributed by atoms with Crippen molar-refractivity contribution in [3.63, 3.8) is 0 Å². The lowest BCUT2D eigenvalue weighted by atomic mass is 9.79. The van der Waals surface area contributed by atoms with Gasteiger partial charge in [0.25, 0.3) is 17.3 Å². The molecule has 0 unspecified atom stereocenters. The van der Waals surface area contributed by atoms with Gasteiger partial charge in [0.05, 0.1) is 27.5 Å². The van der Waals surface area contributed by atoms with Crippen molar-refractivity contribution in [2.24, 2.45) is 5.92 Å². The molecule has 4 rings (SSSR count). The minimum absolute atomic E-state index is 0.101. The number of non-ortho nitro benzene ring substituents is 2. The van der Waals surface area contributed by atoms with Crippen molar-refractivity contribution >= 4 is 28.1 Å². The van der Waals surface area contributed by atoms with Crippen molar-refractivity contribution in [1.29, 1.82) is 0 Å². The fraction of sp³-hybridized carbons (Fsp3) is 0.227. The summed E-state index contributed by atoms with van der Waals surface area (Å²) >= 11 is 0. The van der Waals surface area contributed by atoms with E-state index in [0.29, 0.717) is 12.3 Å². The van der Waals surface area contributed by atoms with Crippen LogP contribution in [0.25, 0.3) is 10.8 Å². The molecule has 1 amide bonds. The summed E-state index contributed by atoms with van der Waals surface area (Å²) in [6.45, 7) is 2.11. The van der Waals surface area contributed by atoms with Gasteiger partial charge < -0.3 is 5.32 Å². The van der Waals surface area contributed by atoms with Crippen LogP contribution in [0, 0.1) is 26.1 Å². The van der Waals surface area contributed by atoms with Crippen LogP contribution in [0.15, 0.2) is 54.6 Å². The maximum atomic E-state index is 13.0. The van der Waals surface area contributed by atoms with Gasteiger partial charge in [0.1, 0.15) is 0 Å². The molecular formula is C22H19N3O5. The monoisotopic (exact) mass is 405 g/mol. The first-order valence-electron chi connectivity index (χ1n) is 9.58. The van der Waals surface area contributed by atoms with Crippen LogP contribution in [0.4, 0.5) is 11.4 Å². The highest BCUT2D eigenvalue weighted by molar-refractivity contribution is 5.96. The molecule has 0 heterocycles. The highest BCUT2D eigenvalue weighted by Crippen LogP contribution is 2.38. The molecule has 152 valence electrons. The van der Waals surface area contributed by atoms with E-state index in [0.717, 1.165) is 46.5 Å². The summed E-state index contributed by atoms with van der Waals surface area (Å²) < 4.78 is 0. The molecule has 8 heteroatoms. The molecule has 0 bridgehead atoms. The maximum absolute atomic E-state index is 13.0. The fourth-order valence-electron chi connectivity index (χ4n) is 4.22. The average molecular weight is 405 g/mol. The quantitative estimate of drug-likeness (QED) is 0.498. The number of benzene rings is 3. The van der Waals surface area contributed by atoms with E-state index in [4.69, 9.17) is 0 Å². The van der Waals surface area contributed by atoms with Crippen molar-refractivity contribution in [3.8, 4) is 0 Å². The van der Waals surface area contributed by atoms with Gasteiger partial charge in [-0.2, -0.15) is 0 Å². The molecule has 0 radical (unpaired) electrons. The van der Waals surface area contributed by atoms with Crippen LogP contribution in [0.2, 0.25) is 0 Å². The summed E-state index contributed by atoms with van der Waals surface area (Å²) in [6, 6.07) is 14.8. The van der Waals surface area contributed by atoms with Crippen molar-refractivity contribution in [3.05, 3.63) is 91.5 Å². The molecule has 0 spiro atoms. The first kappa shape index (κ1) is 19.5. The Morgan fingerprint density at radius 1 is 1.00 bits per heavy atom. The maximum Gasteiger partial charge on any atom is 0.277 e. The molecule has 0 saturated carbocycles. The van der Waals surface area contributed by atoms with Gasteiger partial charge in [-0.25, -0.2) is 0 Å². The van der Waals surface area contributed by atoms with Gasteiger partial charge in [-0.3, -0.25) is 25.0 Å². The number of hydrogen-bond donors (Lipinski definition) is 1. The van der Waals surface area contributed by atoms with Gasteiger partial charge >= 0.3 is 0 Å². The fourth-order valence-corrected chi connectivity index (χ4v) is 4.22. The zero-order chi connectivity index (χ0) is 21.4. The second kappa shape index (κ2) is 7.55. The first-order chi connectivity index (χ1) is 14.3. The number of nitro groups is 2. The first-order valence-corrected chi connectivity index (χ1v) is 9.58. The molecule has 0 saturated heterocycles. The lowest BCUT2D eigenvalue weighted by molar-refractivity contribution is -0.394. The highest BCUT2D eigenvalue weighted by atomic mass is 16.6.